The van der Waals surface area contributed by atoms with E-state index in [1.807, 2.05) is 6.07 Å². The van der Waals surface area contributed by atoms with Crippen molar-refractivity contribution in [2.75, 3.05) is 7.11 Å². The van der Waals surface area contributed by atoms with Gasteiger partial charge >= 0.3 is 132 Å². The van der Waals surface area contributed by atoms with Crippen LogP contribution < -0.4 is 7.81 Å². The molecule has 0 fully saturated rings. The van der Waals surface area contributed by atoms with E-state index < -0.39 is 19.2 Å². The summed E-state index contributed by atoms with van der Waals surface area (Å²) in [5.74, 6) is 1.02. The number of hydrogen-bond acceptors (Lipinski definition) is 4. The van der Waals surface area contributed by atoms with Gasteiger partial charge in [0.1, 0.15) is 0 Å². The summed E-state index contributed by atoms with van der Waals surface area (Å²) in [5.41, 5.74) is 0.495. The van der Waals surface area contributed by atoms with Crippen LogP contribution in [0.2, 0.25) is 8.87 Å². The van der Waals surface area contributed by atoms with Crippen LogP contribution in [0.4, 0.5) is 0 Å². The molecule has 0 unspecified atom stereocenters. The number of unbranched alkanes of at least 4 members (excludes halogenated alkanes) is 2. The van der Waals surface area contributed by atoms with E-state index in [1.165, 1.54) is 0 Å². The molecule has 0 spiro atoms. The third-order valence-electron chi connectivity index (χ3n) is 3.81. The van der Waals surface area contributed by atoms with Crippen molar-refractivity contribution in [1.82, 2.24) is 0 Å². The average molecular weight is 399 g/mol. The van der Waals surface area contributed by atoms with Gasteiger partial charge in [0.05, 0.1) is 0 Å². The number of methoxy groups -OCH3 is 1. The first-order chi connectivity index (χ1) is 10.2. The van der Waals surface area contributed by atoms with Crippen LogP contribution in [0.5, 0.6) is 11.5 Å². The molecule has 0 saturated heterocycles. The second-order valence-corrected chi connectivity index (χ2v) is 14.7. The minimum atomic E-state index is -3.37. The van der Waals surface area contributed by atoms with E-state index in [9.17, 15) is 4.79 Å². The molecular weight excluding hydrogens is 375 g/mol. The molecule has 2 rings (SSSR count). The summed E-state index contributed by atoms with van der Waals surface area (Å²) in [6, 6.07) is 5.38. The zero-order chi connectivity index (χ0) is 15.3. The topological polar surface area (TPSA) is 44.8 Å². The molecule has 0 bridgehead atoms. The number of fused-ring (bicyclic) bond motifs is 1. The van der Waals surface area contributed by atoms with E-state index in [1.54, 1.807) is 19.2 Å². The Balaban J connectivity index is 2.34. The predicted octanol–water partition coefficient (Wildman–Crippen LogP) is 4.29. The third kappa shape index (κ3) is 3.65. The summed E-state index contributed by atoms with van der Waals surface area (Å²) in [6.45, 7) is 4.30. The second kappa shape index (κ2) is 7.38. The van der Waals surface area contributed by atoms with Crippen LogP contribution in [0.25, 0.3) is 0 Å². The maximum absolute atomic E-state index is 12.4. The molecule has 0 N–H and O–H groups in total. The number of para-hydroxylation sites is 1. The van der Waals surface area contributed by atoms with Gasteiger partial charge in [-0.3, -0.25) is 0 Å². The minimum absolute atomic E-state index is 0.224. The fraction of sp³-hybridized carbons (Fsp3) is 0.562. The van der Waals surface area contributed by atoms with Gasteiger partial charge in [0, 0.05) is 0 Å². The Hall–Kier alpha value is -0.911. The van der Waals surface area contributed by atoms with Crippen molar-refractivity contribution in [3.8, 4) is 11.5 Å². The molecule has 0 saturated carbocycles. The molecule has 116 valence electrons. The van der Waals surface area contributed by atoms with Crippen molar-refractivity contribution >= 4 is 25.2 Å². The number of hydrogen-bond donors (Lipinski definition) is 0. The molecule has 1 aromatic carbocycles. The summed E-state index contributed by atoms with van der Waals surface area (Å²) >= 11 is -3.37. The molecule has 4 nitrogen and oxygen atoms in total. The number of ether oxygens (including phenoxy) is 1. The number of rotatable bonds is 7. The van der Waals surface area contributed by atoms with Gasteiger partial charge in [0.15, 0.2) is 0 Å². The zero-order valence-corrected chi connectivity index (χ0v) is 16.0. The normalized spacial score (nSPS) is 15.9. The summed E-state index contributed by atoms with van der Waals surface area (Å²) in [7, 11) is 1.61. The maximum atomic E-state index is 12.4. The van der Waals surface area contributed by atoms with Crippen molar-refractivity contribution in [3.63, 3.8) is 0 Å². The first kappa shape index (κ1) is 16.5. The summed E-state index contributed by atoms with van der Waals surface area (Å²) in [5, 5.41) is 0. The van der Waals surface area contributed by atoms with Gasteiger partial charge in [-0.2, -0.15) is 0 Å². The van der Waals surface area contributed by atoms with Crippen molar-refractivity contribution in [1.29, 1.82) is 0 Å². The number of carbonyl (C=O) groups is 1. The van der Waals surface area contributed by atoms with Gasteiger partial charge in [-0.25, -0.2) is 0 Å². The molecule has 0 atom stereocenters. The fourth-order valence-corrected chi connectivity index (χ4v) is 12.6. The fourth-order valence-electron chi connectivity index (χ4n) is 2.59. The van der Waals surface area contributed by atoms with Crippen LogP contribution in [0.3, 0.4) is 0 Å². The Kier molecular flexibility index (Phi) is 5.79. The van der Waals surface area contributed by atoms with Crippen molar-refractivity contribution < 1.29 is 15.7 Å². The first-order valence-corrected chi connectivity index (χ1v) is 14.1. The molecule has 0 aliphatic carbocycles. The third-order valence-corrected chi connectivity index (χ3v) is 13.4. The molecule has 21 heavy (non-hydrogen) atoms. The molecule has 1 aliphatic rings. The standard InChI is InChI=1S/C8H8O4.2C4H9.Sn/c1-12-6-4-2-3-5(7(6)9)8(10)11;2*1-3-4-2;/h2-4,9H,1H3,(H,10,11);2*1,3-4H2,2H3;/q;;;+2/p-2. The van der Waals surface area contributed by atoms with E-state index in [4.69, 9.17) is 10.9 Å². The van der Waals surface area contributed by atoms with Crippen molar-refractivity contribution in [3.05, 3.63) is 23.8 Å². The van der Waals surface area contributed by atoms with Crippen LogP contribution in [0, 0.1) is 0 Å². The monoisotopic (exact) mass is 400 g/mol. The Morgan fingerprint density at radius 1 is 1.10 bits per heavy atom. The summed E-state index contributed by atoms with van der Waals surface area (Å²) < 4.78 is 19.5. The molecule has 1 heterocycles. The Bertz CT molecular complexity index is 493. The van der Waals surface area contributed by atoms with Crippen LogP contribution in [0.15, 0.2) is 18.2 Å². The van der Waals surface area contributed by atoms with Gasteiger partial charge in [-0.1, -0.05) is 0 Å². The van der Waals surface area contributed by atoms with Crippen LogP contribution >= 0.6 is 0 Å². The SMILES string of the molecule is CCC[CH2][Sn]1([CH2]CCC)[O]C(=O)c2cccc(OC)c2[O]1. The zero-order valence-electron chi connectivity index (χ0n) is 13.1. The van der Waals surface area contributed by atoms with Gasteiger partial charge in [-0.05, 0) is 0 Å². The quantitative estimate of drug-likeness (QED) is 0.642. The van der Waals surface area contributed by atoms with E-state index in [0.717, 1.165) is 34.6 Å². The van der Waals surface area contributed by atoms with E-state index in [-0.39, 0.29) is 5.97 Å². The molecule has 5 heteroatoms. The molecule has 0 aromatic heterocycles. The second-order valence-electron chi connectivity index (χ2n) is 5.45. The Morgan fingerprint density at radius 3 is 2.33 bits per heavy atom. The summed E-state index contributed by atoms with van der Waals surface area (Å²) in [6.07, 6.45) is 4.28. The first-order valence-electron chi connectivity index (χ1n) is 7.75. The van der Waals surface area contributed by atoms with Crippen molar-refractivity contribution in [2.24, 2.45) is 0 Å². The molecular formula is C16H24O4Sn. The summed E-state index contributed by atoms with van der Waals surface area (Å²) in [4.78, 5) is 12.4. The van der Waals surface area contributed by atoms with Gasteiger partial charge in [0.25, 0.3) is 0 Å². The van der Waals surface area contributed by atoms with E-state index in [2.05, 4.69) is 13.8 Å². The Labute approximate surface area is 131 Å². The predicted molar refractivity (Wildman–Crippen MR) is 84.2 cm³/mol. The molecule has 0 radical (unpaired) electrons. The van der Waals surface area contributed by atoms with Crippen LogP contribution in [0.1, 0.15) is 49.9 Å². The Morgan fingerprint density at radius 2 is 1.76 bits per heavy atom. The van der Waals surface area contributed by atoms with E-state index >= 15 is 0 Å². The van der Waals surface area contributed by atoms with E-state index in [0.29, 0.717) is 17.1 Å². The van der Waals surface area contributed by atoms with Gasteiger partial charge in [-0.15, -0.1) is 0 Å². The molecule has 0 amide bonds. The van der Waals surface area contributed by atoms with Gasteiger partial charge in [0.2, 0.25) is 0 Å². The number of benzene rings is 1. The van der Waals surface area contributed by atoms with Gasteiger partial charge < -0.3 is 0 Å². The average Bonchev–Trinajstić information content (AvgIpc) is 2.50. The molecule has 1 aliphatic heterocycles. The van der Waals surface area contributed by atoms with Crippen molar-refractivity contribution in [2.45, 2.75) is 48.4 Å². The molecule has 1 aromatic rings. The number of carbonyl (C=O) groups excluding carboxylic acids is 1. The van der Waals surface area contributed by atoms with Crippen LogP contribution in [-0.4, -0.2) is 32.3 Å². The van der Waals surface area contributed by atoms with Crippen LogP contribution in [-0.2, 0) is 3.07 Å².